The van der Waals surface area contributed by atoms with Crippen LogP contribution in [0.15, 0.2) is 0 Å². The van der Waals surface area contributed by atoms with Gasteiger partial charge in [-0.3, -0.25) is 10.2 Å². The van der Waals surface area contributed by atoms with E-state index in [1.54, 1.807) is 0 Å². The molecular formula is C10H17ClFN3O2. The van der Waals surface area contributed by atoms with E-state index in [0.717, 1.165) is 0 Å². The van der Waals surface area contributed by atoms with Crippen molar-refractivity contribution in [1.82, 2.24) is 15.8 Å². The molecule has 1 amide bonds. The Balaban J connectivity index is 1.93. The van der Waals surface area contributed by atoms with Crippen molar-refractivity contribution in [1.29, 1.82) is 0 Å². The SMILES string of the molecule is CO[C@H]1CCN(C(=O)C2NNCC2Cl)C[C@H]1F. The maximum atomic E-state index is 13.7. The molecule has 0 aromatic carbocycles. The van der Waals surface area contributed by atoms with Gasteiger partial charge in [-0.25, -0.2) is 9.82 Å². The number of piperidine rings is 1. The summed E-state index contributed by atoms with van der Waals surface area (Å²) >= 11 is 5.99. The number of carbonyl (C=O) groups is 1. The van der Waals surface area contributed by atoms with Gasteiger partial charge in [0.05, 0.1) is 18.0 Å². The first-order valence-electron chi connectivity index (χ1n) is 5.71. The minimum Gasteiger partial charge on any atom is -0.378 e. The quantitative estimate of drug-likeness (QED) is 0.671. The van der Waals surface area contributed by atoms with E-state index in [1.807, 2.05) is 0 Å². The molecular weight excluding hydrogens is 249 g/mol. The van der Waals surface area contributed by atoms with Crippen LogP contribution in [0.25, 0.3) is 0 Å². The number of hydrogen-bond donors (Lipinski definition) is 2. The average molecular weight is 266 g/mol. The molecule has 5 nitrogen and oxygen atoms in total. The number of halogens is 2. The van der Waals surface area contributed by atoms with Crippen molar-refractivity contribution >= 4 is 17.5 Å². The van der Waals surface area contributed by atoms with Crippen molar-refractivity contribution < 1.29 is 13.9 Å². The number of methoxy groups -OCH3 is 1. The number of carbonyl (C=O) groups excluding carboxylic acids is 1. The fourth-order valence-electron chi connectivity index (χ4n) is 2.24. The lowest BCUT2D eigenvalue weighted by Crippen LogP contribution is -2.54. The molecule has 4 atom stereocenters. The summed E-state index contributed by atoms with van der Waals surface area (Å²) in [5.74, 6) is -0.146. The van der Waals surface area contributed by atoms with Crippen LogP contribution in [0.5, 0.6) is 0 Å². The van der Waals surface area contributed by atoms with E-state index >= 15 is 0 Å². The molecule has 0 saturated carbocycles. The molecule has 98 valence electrons. The average Bonchev–Trinajstić information content (AvgIpc) is 2.74. The summed E-state index contributed by atoms with van der Waals surface area (Å²) in [7, 11) is 1.49. The third-order valence-electron chi connectivity index (χ3n) is 3.28. The number of amides is 1. The maximum absolute atomic E-state index is 13.7. The summed E-state index contributed by atoms with van der Waals surface area (Å²) in [6, 6.07) is -0.469. The first kappa shape index (κ1) is 13.0. The Bertz CT molecular complexity index is 295. The third kappa shape index (κ3) is 2.70. The summed E-state index contributed by atoms with van der Waals surface area (Å²) in [6.45, 7) is 1.13. The first-order valence-corrected chi connectivity index (χ1v) is 6.15. The normalized spacial score (nSPS) is 38.4. The van der Waals surface area contributed by atoms with Gasteiger partial charge in [-0.05, 0) is 6.42 Å². The minimum atomic E-state index is -1.12. The predicted octanol–water partition coefficient (Wildman–Crippen LogP) is -0.344. The van der Waals surface area contributed by atoms with Gasteiger partial charge in [0.25, 0.3) is 0 Å². The molecule has 0 spiro atoms. The zero-order chi connectivity index (χ0) is 12.4. The van der Waals surface area contributed by atoms with Crippen LogP contribution in [-0.2, 0) is 9.53 Å². The Morgan fingerprint density at radius 1 is 1.59 bits per heavy atom. The van der Waals surface area contributed by atoms with Gasteiger partial charge in [-0.2, -0.15) is 0 Å². The zero-order valence-corrected chi connectivity index (χ0v) is 10.4. The minimum absolute atomic E-state index is 0.0825. The van der Waals surface area contributed by atoms with Crippen molar-refractivity contribution in [3.05, 3.63) is 0 Å². The number of nitrogens with one attached hydrogen (secondary N) is 2. The summed E-state index contributed by atoms with van der Waals surface area (Å²) < 4.78 is 18.7. The Hall–Kier alpha value is -0.430. The smallest absolute Gasteiger partial charge is 0.242 e. The fourth-order valence-corrected chi connectivity index (χ4v) is 2.48. The number of nitrogens with zero attached hydrogens (tertiary/aromatic N) is 1. The molecule has 2 rings (SSSR count). The van der Waals surface area contributed by atoms with Gasteiger partial charge in [0, 0.05) is 20.2 Å². The Labute approximate surface area is 105 Å². The van der Waals surface area contributed by atoms with Crippen molar-refractivity contribution in [2.45, 2.75) is 30.1 Å². The lowest BCUT2D eigenvalue weighted by molar-refractivity contribution is -0.138. The van der Waals surface area contributed by atoms with Crippen molar-refractivity contribution in [2.75, 3.05) is 26.7 Å². The molecule has 2 fully saturated rings. The number of hydrogen-bond acceptors (Lipinski definition) is 4. The number of hydrazine groups is 1. The van der Waals surface area contributed by atoms with Crippen LogP contribution >= 0.6 is 11.6 Å². The summed E-state index contributed by atoms with van der Waals surface area (Å²) in [5, 5.41) is -0.291. The second kappa shape index (κ2) is 5.48. The Kier molecular flexibility index (Phi) is 4.19. The van der Waals surface area contributed by atoms with Gasteiger partial charge in [0.2, 0.25) is 5.91 Å². The molecule has 0 bridgehead atoms. The van der Waals surface area contributed by atoms with Gasteiger partial charge in [-0.1, -0.05) is 0 Å². The highest BCUT2D eigenvalue weighted by molar-refractivity contribution is 6.23. The zero-order valence-electron chi connectivity index (χ0n) is 9.66. The van der Waals surface area contributed by atoms with Crippen molar-refractivity contribution in [3.63, 3.8) is 0 Å². The third-order valence-corrected chi connectivity index (χ3v) is 3.68. The van der Waals surface area contributed by atoms with Crippen molar-refractivity contribution in [3.8, 4) is 0 Å². The van der Waals surface area contributed by atoms with Crippen LogP contribution in [0.3, 0.4) is 0 Å². The summed E-state index contributed by atoms with van der Waals surface area (Å²) in [4.78, 5) is 13.6. The van der Waals surface area contributed by atoms with Crippen LogP contribution in [0.2, 0.25) is 0 Å². The van der Waals surface area contributed by atoms with Crippen LogP contribution < -0.4 is 10.9 Å². The Morgan fingerprint density at radius 3 is 2.88 bits per heavy atom. The predicted molar refractivity (Wildman–Crippen MR) is 61.5 cm³/mol. The molecule has 2 unspecified atom stereocenters. The molecule has 2 saturated heterocycles. The first-order chi connectivity index (χ1) is 8.13. The number of ether oxygens (including phenoxy) is 1. The van der Waals surface area contributed by atoms with Gasteiger partial charge >= 0.3 is 0 Å². The molecule has 2 N–H and O–H groups in total. The second-order valence-corrected chi connectivity index (χ2v) is 4.94. The molecule has 7 heteroatoms. The highest BCUT2D eigenvalue weighted by Gasteiger charge is 2.38. The highest BCUT2D eigenvalue weighted by Crippen LogP contribution is 2.19. The lowest BCUT2D eigenvalue weighted by atomic mass is 10.0. The van der Waals surface area contributed by atoms with E-state index in [-0.39, 0.29) is 17.8 Å². The lowest BCUT2D eigenvalue weighted by Gasteiger charge is -2.35. The van der Waals surface area contributed by atoms with Gasteiger partial charge < -0.3 is 9.64 Å². The van der Waals surface area contributed by atoms with Crippen LogP contribution in [0, 0.1) is 0 Å². The summed E-state index contributed by atoms with van der Waals surface area (Å²) in [6.07, 6.45) is -1.00. The number of likely N-dealkylation sites (tertiary alicyclic amines) is 1. The topological polar surface area (TPSA) is 53.6 Å². The monoisotopic (exact) mass is 265 g/mol. The van der Waals surface area contributed by atoms with E-state index in [9.17, 15) is 9.18 Å². The molecule has 0 radical (unpaired) electrons. The second-order valence-electron chi connectivity index (χ2n) is 4.38. The molecule has 17 heavy (non-hydrogen) atoms. The van der Waals surface area contributed by atoms with Crippen LogP contribution in [-0.4, -0.2) is 61.2 Å². The van der Waals surface area contributed by atoms with E-state index in [1.165, 1.54) is 12.0 Å². The molecule has 0 aliphatic carbocycles. The van der Waals surface area contributed by atoms with Gasteiger partial charge in [0.15, 0.2) is 0 Å². The molecule has 2 aliphatic rings. The molecule has 0 aromatic heterocycles. The number of alkyl halides is 2. The summed E-state index contributed by atoms with van der Waals surface area (Å²) in [5.41, 5.74) is 5.64. The molecule has 2 aliphatic heterocycles. The Morgan fingerprint density at radius 2 is 2.35 bits per heavy atom. The molecule has 0 aromatic rings. The van der Waals surface area contributed by atoms with Gasteiger partial charge in [0.1, 0.15) is 12.2 Å². The van der Waals surface area contributed by atoms with Crippen molar-refractivity contribution in [2.24, 2.45) is 0 Å². The van der Waals surface area contributed by atoms with E-state index < -0.39 is 18.3 Å². The number of rotatable bonds is 2. The van der Waals surface area contributed by atoms with Gasteiger partial charge in [-0.15, -0.1) is 11.6 Å². The van der Waals surface area contributed by atoms with E-state index in [4.69, 9.17) is 16.3 Å². The van der Waals surface area contributed by atoms with E-state index in [2.05, 4.69) is 10.9 Å². The van der Waals surface area contributed by atoms with Crippen LogP contribution in [0.1, 0.15) is 6.42 Å². The fraction of sp³-hybridized carbons (Fsp3) is 0.900. The van der Waals surface area contributed by atoms with Crippen LogP contribution in [0.4, 0.5) is 4.39 Å². The molecule has 2 heterocycles. The maximum Gasteiger partial charge on any atom is 0.242 e. The highest BCUT2D eigenvalue weighted by atomic mass is 35.5. The standard InChI is InChI=1S/C10H17ClFN3O2/c1-17-8-2-3-15(5-7(8)12)10(16)9-6(11)4-13-14-9/h6-9,13-14H,2-5H2,1H3/t6?,7-,8+,9?/m1/s1. The van der Waals surface area contributed by atoms with E-state index in [0.29, 0.717) is 19.5 Å². The largest absolute Gasteiger partial charge is 0.378 e.